The highest BCUT2D eigenvalue weighted by atomic mass is 16.6. The predicted octanol–water partition coefficient (Wildman–Crippen LogP) is 19.0. The second-order valence-electron chi connectivity index (χ2n) is 17.9. The van der Waals surface area contributed by atoms with Crippen LogP contribution in [0.1, 0.15) is 213 Å². The van der Waals surface area contributed by atoms with Crippen molar-refractivity contribution < 1.29 is 28.6 Å². The average Bonchev–Trinajstić information content (AvgIpc) is 3.37. The van der Waals surface area contributed by atoms with Crippen LogP contribution in [0.4, 0.5) is 0 Å². The molecule has 71 heavy (non-hydrogen) atoms. The van der Waals surface area contributed by atoms with Crippen LogP contribution < -0.4 is 0 Å². The van der Waals surface area contributed by atoms with Crippen molar-refractivity contribution in [3.63, 3.8) is 0 Å². The number of hydrogen-bond acceptors (Lipinski definition) is 6. The van der Waals surface area contributed by atoms with E-state index in [0.29, 0.717) is 12.8 Å². The molecule has 0 heterocycles. The van der Waals surface area contributed by atoms with Crippen LogP contribution in [0.3, 0.4) is 0 Å². The molecule has 0 rings (SSSR count). The lowest BCUT2D eigenvalue weighted by molar-refractivity contribution is -0.167. The molecule has 0 radical (unpaired) electrons. The molecule has 0 spiro atoms. The molecule has 0 saturated heterocycles. The summed E-state index contributed by atoms with van der Waals surface area (Å²) in [5.41, 5.74) is 0. The summed E-state index contributed by atoms with van der Waals surface area (Å²) < 4.78 is 16.8. The van der Waals surface area contributed by atoms with Crippen molar-refractivity contribution in [1.29, 1.82) is 0 Å². The van der Waals surface area contributed by atoms with Gasteiger partial charge in [-0.2, -0.15) is 0 Å². The first kappa shape index (κ1) is 66.0. The van der Waals surface area contributed by atoms with Gasteiger partial charge in [-0.25, -0.2) is 0 Å². The molecule has 1 unspecified atom stereocenters. The number of hydrogen-bond donors (Lipinski definition) is 0. The van der Waals surface area contributed by atoms with Crippen LogP contribution in [0.15, 0.2) is 158 Å². The maximum Gasteiger partial charge on any atom is 0.306 e. The van der Waals surface area contributed by atoms with Crippen molar-refractivity contribution in [2.45, 2.75) is 219 Å². The quantitative estimate of drug-likeness (QED) is 0.0199. The molecule has 396 valence electrons. The van der Waals surface area contributed by atoms with Gasteiger partial charge in [0, 0.05) is 19.3 Å². The van der Waals surface area contributed by atoms with Gasteiger partial charge >= 0.3 is 17.9 Å². The van der Waals surface area contributed by atoms with Crippen molar-refractivity contribution in [3.05, 3.63) is 158 Å². The molecular weight excluding hydrogens is 877 g/mol. The number of esters is 3. The number of carbonyl (C=O) groups excluding carboxylic acids is 3. The maximum atomic E-state index is 12.9. The normalized spacial score (nSPS) is 13.3. The highest BCUT2D eigenvalue weighted by molar-refractivity contribution is 5.71. The van der Waals surface area contributed by atoms with Crippen LogP contribution in [-0.4, -0.2) is 37.2 Å². The third-order valence-corrected chi connectivity index (χ3v) is 11.2. The second kappa shape index (κ2) is 57.6. The minimum absolute atomic E-state index is 0.125. The van der Waals surface area contributed by atoms with E-state index in [1.807, 2.05) is 36.5 Å². The highest BCUT2D eigenvalue weighted by Crippen LogP contribution is 2.12. The molecule has 0 bridgehead atoms. The first-order chi connectivity index (χ1) is 35.0. The fraction of sp³-hybridized carbons (Fsp3) is 0.554. The van der Waals surface area contributed by atoms with Gasteiger partial charge in [0.1, 0.15) is 13.2 Å². The Morgan fingerprint density at radius 3 is 1.08 bits per heavy atom. The monoisotopic (exact) mass is 977 g/mol. The molecule has 0 amide bonds. The predicted molar refractivity (Wildman–Crippen MR) is 306 cm³/mol. The molecule has 0 saturated carbocycles. The lowest BCUT2D eigenvalue weighted by Crippen LogP contribution is -2.30. The standard InChI is InChI=1S/C65H100O6/c1-4-7-10-13-16-19-22-25-28-31-34-37-40-43-46-49-52-55-58-64(67)70-61-62(60-69-63(66)57-54-51-48-45-42-39-36-33-30-27-24-21-18-15-12-9-6-3)71-65(68)59-56-53-50-47-44-41-38-35-32-29-26-23-20-17-14-11-8-5-2/h9-10,12-13,16,18-19,21-23,25-32,34-39,45,48,62H,4-8,11,14-15,17,20,24,33,40-44,46-47,49-61H2,1-3H3/b12-9-,13-10-,19-16-,21-18-,25-22-,26-23-,30-27-,31-28-,32-29-,37-34-,38-35-,39-36-,48-45-. The molecule has 0 aromatic rings. The van der Waals surface area contributed by atoms with E-state index in [4.69, 9.17) is 14.2 Å². The van der Waals surface area contributed by atoms with Crippen LogP contribution >= 0.6 is 0 Å². The first-order valence-corrected chi connectivity index (χ1v) is 28.1. The second-order valence-corrected chi connectivity index (χ2v) is 17.9. The summed E-state index contributed by atoms with van der Waals surface area (Å²) in [6.45, 7) is 6.31. The summed E-state index contributed by atoms with van der Waals surface area (Å²) in [6, 6.07) is 0. The van der Waals surface area contributed by atoms with E-state index in [1.54, 1.807) is 0 Å². The van der Waals surface area contributed by atoms with Crippen LogP contribution in [0.2, 0.25) is 0 Å². The Kier molecular flexibility index (Phi) is 53.6. The Balaban J connectivity index is 4.62. The van der Waals surface area contributed by atoms with Crippen molar-refractivity contribution in [3.8, 4) is 0 Å². The fourth-order valence-electron chi connectivity index (χ4n) is 6.98. The van der Waals surface area contributed by atoms with Crippen molar-refractivity contribution >= 4 is 17.9 Å². The molecule has 0 aliphatic rings. The molecule has 0 aromatic heterocycles. The number of carbonyl (C=O) groups is 3. The van der Waals surface area contributed by atoms with E-state index >= 15 is 0 Å². The summed E-state index contributed by atoms with van der Waals surface area (Å²) in [5, 5.41) is 0. The topological polar surface area (TPSA) is 78.9 Å². The van der Waals surface area contributed by atoms with Gasteiger partial charge in [0.2, 0.25) is 0 Å². The van der Waals surface area contributed by atoms with Crippen LogP contribution in [0, 0.1) is 0 Å². The molecule has 0 aliphatic heterocycles. The van der Waals surface area contributed by atoms with E-state index in [1.165, 1.54) is 38.5 Å². The number of unbranched alkanes of at least 4 members (excludes halogenated alkanes) is 17. The van der Waals surface area contributed by atoms with Gasteiger partial charge in [-0.3, -0.25) is 14.4 Å². The first-order valence-electron chi connectivity index (χ1n) is 28.1. The smallest absolute Gasteiger partial charge is 0.306 e. The molecule has 0 aromatic carbocycles. The van der Waals surface area contributed by atoms with Gasteiger partial charge in [0.25, 0.3) is 0 Å². The van der Waals surface area contributed by atoms with Crippen molar-refractivity contribution in [2.75, 3.05) is 13.2 Å². The van der Waals surface area contributed by atoms with Gasteiger partial charge < -0.3 is 14.2 Å². The van der Waals surface area contributed by atoms with E-state index < -0.39 is 6.10 Å². The fourth-order valence-corrected chi connectivity index (χ4v) is 6.98. The SMILES string of the molecule is CC/C=C\C/C=C\C/C=C\C/C=C\C/C=C\CCCC(=O)OCC(COC(=O)CCCCCCC\C=C/C=C\C=C/C=C\C=C/CCC)OC(=O)CCCCCCC\C=C/C=C\C=C/CCCCCCC. The molecule has 6 heteroatoms. The summed E-state index contributed by atoms with van der Waals surface area (Å²) in [6.07, 6.45) is 83.6. The van der Waals surface area contributed by atoms with Crippen molar-refractivity contribution in [1.82, 2.24) is 0 Å². The zero-order valence-electron chi connectivity index (χ0n) is 45.2. The van der Waals surface area contributed by atoms with Gasteiger partial charge in [-0.05, 0) is 103 Å². The van der Waals surface area contributed by atoms with Gasteiger partial charge in [0.05, 0.1) is 0 Å². The summed E-state index contributed by atoms with van der Waals surface area (Å²) in [7, 11) is 0. The zero-order chi connectivity index (χ0) is 51.4. The Morgan fingerprint density at radius 2 is 0.648 bits per heavy atom. The summed E-state index contributed by atoms with van der Waals surface area (Å²) in [5.74, 6) is -1.04. The molecule has 6 nitrogen and oxygen atoms in total. The molecule has 0 aliphatic carbocycles. The minimum atomic E-state index is -0.832. The van der Waals surface area contributed by atoms with E-state index in [0.717, 1.165) is 128 Å². The third-order valence-electron chi connectivity index (χ3n) is 11.2. The Hall–Kier alpha value is -4.97. The lowest BCUT2D eigenvalue weighted by Gasteiger charge is -2.18. The van der Waals surface area contributed by atoms with Crippen molar-refractivity contribution in [2.24, 2.45) is 0 Å². The van der Waals surface area contributed by atoms with E-state index in [2.05, 4.69) is 142 Å². The van der Waals surface area contributed by atoms with Crippen LogP contribution in [0.25, 0.3) is 0 Å². The lowest BCUT2D eigenvalue weighted by atomic mass is 10.1. The van der Waals surface area contributed by atoms with Crippen LogP contribution in [0.5, 0.6) is 0 Å². The Morgan fingerprint density at radius 1 is 0.310 bits per heavy atom. The largest absolute Gasteiger partial charge is 0.462 e. The van der Waals surface area contributed by atoms with E-state index in [9.17, 15) is 14.4 Å². The maximum absolute atomic E-state index is 12.9. The zero-order valence-corrected chi connectivity index (χ0v) is 45.2. The summed E-state index contributed by atoms with van der Waals surface area (Å²) >= 11 is 0. The molecule has 1 atom stereocenters. The molecule has 0 N–H and O–H groups in total. The van der Waals surface area contributed by atoms with Gasteiger partial charge in [-0.1, -0.05) is 249 Å². The number of allylic oxidation sites excluding steroid dienone is 26. The summed E-state index contributed by atoms with van der Waals surface area (Å²) in [4.78, 5) is 38.1. The number of ether oxygens (including phenoxy) is 3. The number of rotatable bonds is 48. The van der Waals surface area contributed by atoms with Gasteiger partial charge in [0.15, 0.2) is 6.10 Å². The van der Waals surface area contributed by atoms with E-state index in [-0.39, 0.29) is 44.0 Å². The minimum Gasteiger partial charge on any atom is -0.462 e. The Bertz CT molecular complexity index is 1640. The Labute approximate surface area is 435 Å². The average molecular weight is 978 g/mol. The molecule has 0 fully saturated rings. The highest BCUT2D eigenvalue weighted by Gasteiger charge is 2.19. The van der Waals surface area contributed by atoms with Crippen LogP contribution in [-0.2, 0) is 28.6 Å². The molecular formula is C65H100O6. The van der Waals surface area contributed by atoms with Gasteiger partial charge in [-0.15, -0.1) is 0 Å². The third kappa shape index (κ3) is 55.8.